The summed E-state index contributed by atoms with van der Waals surface area (Å²) in [6, 6.07) is 0.251. The fourth-order valence-corrected chi connectivity index (χ4v) is 3.03. The average Bonchev–Trinajstić information content (AvgIpc) is 2.71. The molecule has 1 amide bonds. The van der Waals surface area contributed by atoms with Gasteiger partial charge in [-0.25, -0.2) is 0 Å². The molecule has 1 rings (SSSR count). The zero-order valence-corrected chi connectivity index (χ0v) is 13.8. The van der Waals surface area contributed by atoms with Gasteiger partial charge in [0.05, 0.1) is 5.54 Å². The first kappa shape index (κ1) is 17.4. The lowest BCUT2D eigenvalue weighted by Crippen LogP contribution is -2.56. The third-order valence-electron chi connectivity index (χ3n) is 4.20. The van der Waals surface area contributed by atoms with Crippen molar-refractivity contribution in [3.05, 3.63) is 0 Å². The van der Waals surface area contributed by atoms with E-state index in [4.69, 9.17) is 5.73 Å². The van der Waals surface area contributed by atoms with Crippen LogP contribution in [0.1, 0.15) is 33.6 Å². The Morgan fingerprint density at radius 1 is 1.55 bits per heavy atom. The van der Waals surface area contributed by atoms with Crippen LogP contribution in [0, 0.1) is 5.92 Å². The molecule has 1 aliphatic heterocycles. The van der Waals surface area contributed by atoms with Gasteiger partial charge in [0.1, 0.15) is 0 Å². The molecule has 0 bridgehead atoms. The predicted octanol–water partition coefficient (Wildman–Crippen LogP) is 0.502. The number of hydrogen-bond donors (Lipinski definition) is 2. The molecule has 0 spiro atoms. The van der Waals surface area contributed by atoms with Gasteiger partial charge in [0.2, 0.25) is 5.91 Å². The second-order valence-electron chi connectivity index (χ2n) is 6.92. The standard InChI is InChI=1S/C15H32N4O/c1-12(2)17-15(3,14(16)20)7-9-19(5)11-13-6-8-18(4)10-13/h12-13,17H,6-11H2,1-5H3,(H2,16,20). The van der Waals surface area contributed by atoms with Crippen molar-refractivity contribution in [2.75, 3.05) is 40.3 Å². The summed E-state index contributed by atoms with van der Waals surface area (Å²) in [5, 5.41) is 3.30. The molecule has 2 atom stereocenters. The highest BCUT2D eigenvalue weighted by atomic mass is 16.1. The van der Waals surface area contributed by atoms with Crippen molar-refractivity contribution in [1.29, 1.82) is 0 Å². The lowest BCUT2D eigenvalue weighted by molar-refractivity contribution is -0.124. The molecule has 118 valence electrons. The SMILES string of the molecule is CC(C)NC(C)(CCN(C)CC1CCN(C)C1)C(N)=O. The fraction of sp³-hybridized carbons (Fsp3) is 0.933. The van der Waals surface area contributed by atoms with E-state index in [0.29, 0.717) is 0 Å². The topological polar surface area (TPSA) is 61.6 Å². The quantitative estimate of drug-likeness (QED) is 0.681. The Morgan fingerprint density at radius 3 is 2.65 bits per heavy atom. The Morgan fingerprint density at radius 2 is 2.20 bits per heavy atom. The Labute approximate surface area is 123 Å². The number of likely N-dealkylation sites (tertiary alicyclic amines) is 1. The summed E-state index contributed by atoms with van der Waals surface area (Å²) in [6.07, 6.45) is 2.03. The van der Waals surface area contributed by atoms with E-state index in [1.54, 1.807) is 0 Å². The molecule has 0 aliphatic carbocycles. The van der Waals surface area contributed by atoms with Gasteiger partial charge in [0, 0.05) is 25.7 Å². The van der Waals surface area contributed by atoms with E-state index in [9.17, 15) is 4.79 Å². The molecule has 0 aromatic rings. The molecule has 20 heavy (non-hydrogen) atoms. The Bertz CT molecular complexity index is 321. The van der Waals surface area contributed by atoms with E-state index in [1.807, 2.05) is 20.8 Å². The Kier molecular flexibility index (Phi) is 6.43. The van der Waals surface area contributed by atoms with Crippen LogP contribution in [0.3, 0.4) is 0 Å². The minimum atomic E-state index is -0.616. The van der Waals surface area contributed by atoms with E-state index in [1.165, 1.54) is 19.5 Å². The molecule has 5 nitrogen and oxygen atoms in total. The summed E-state index contributed by atoms with van der Waals surface area (Å²) in [5.74, 6) is 0.489. The maximum Gasteiger partial charge on any atom is 0.237 e. The lowest BCUT2D eigenvalue weighted by Gasteiger charge is -2.32. The number of carbonyl (C=O) groups excluding carboxylic acids is 1. The van der Waals surface area contributed by atoms with Crippen LogP contribution >= 0.6 is 0 Å². The minimum absolute atomic E-state index is 0.251. The molecule has 1 aliphatic rings. The smallest absolute Gasteiger partial charge is 0.237 e. The van der Waals surface area contributed by atoms with Crippen LogP contribution in [0.5, 0.6) is 0 Å². The van der Waals surface area contributed by atoms with E-state index >= 15 is 0 Å². The van der Waals surface area contributed by atoms with E-state index in [-0.39, 0.29) is 11.9 Å². The lowest BCUT2D eigenvalue weighted by atomic mass is 9.95. The second-order valence-corrected chi connectivity index (χ2v) is 6.92. The van der Waals surface area contributed by atoms with Crippen LogP contribution in [0.4, 0.5) is 0 Å². The van der Waals surface area contributed by atoms with Gasteiger partial charge in [-0.3, -0.25) is 4.79 Å². The first-order valence-corrected chi connectivity index (χ1v) is 7.67. The summed E-state index contributed by atoms with van der Waals surface area (Å²) >= 11 is 0. The monoisotopic (exact) mass is 284 g/mol. The van der Waals surface area contributed by atoms with Crippen molar-refractivity contribution >= 4 is 5.91 Å². The van der Waals surface area contributed by atoms with Gasteiger partial charge in [0.25, 0.3) is 0 Å². The summed E-state index contributed by atoms with van der Waals surface area (Å²) in [4.78, 5) is 16.4. The molecule has 0 aromatic heterocycles. The van der Waals surface area contributed by atoms with Crippen LogP contribution in [0.15, 0.2) is 0 Å². The number of amides is 1. The normalized spacial score (nSPS) is 23.4. The highest BCUT2D eigenvalue weighted by molar-refractivity contribution is 5.84. The maximum atomic E-state index is 11.7. The zero-order chi connectivity index (χ0) is 15.3. The Hall–Kier alpha value is -0.650. The first-order chi connectivity index (χ1) is 9.23. The largest absolute Gasteiger partial charge is 0.368 e. The fourth-order valence-electron chi connectivity index (χ4n) is 3.03. The first-order valence-electron chi connectivity index (χ1n) is 7.67. The molecule has 0 radical (unpaired) electrons. The van der Waals surface area contributed by atoms with Crippen molar-refractivity contribution in [2.24, 2.45) is 11.7 Å². The molecule has 0 aromatic carbocycles. The van der Waals surface area contributed by atoms with Crippen molar-refractivity contribution in [2.45, 2.75) is 45.2 Å². The molecule has 2 unspecified atom stereocenters. The van der Waals surface area contributed by atoms with Gasteiger partial charge in [0.15, 0.2) is 0 Å². The van der Waals surface area contributed by atoms with Crippen molar-refractivity contribution in [3.8, 4) is 0 Å². The number of nitrogens with two attached hydrogens (primary N) is 1. The molecule has 1 heterocycles. The predicted molar refractivity (Wildman–Crippen MR) is 83.6 cm³/mol. The van der Waals surface area contributed by atoms with Crippen molar-refractivity contribution < 1.29 is 4.79 Å². The molecular formula is C15H32N4O. The van der Waals surface area contributed by atoms with Gasteiger partial charge in [-0.05, 0) is 60.2 Å². The van der Waals surface area contributed by atoms with Crippen LogP contribution in [0.2, 0.25) is 0 Å². The van der Waals surface area contributed by atoms with Gasteiger partial charge in [-0.1, -0.05) is 0 Å². The Balaban J connectivity index is 2.40. The van der Waals surface area contributed by atoms with Crippen molar-refractivity contribution in [1.82, 2.24) is 15.1 Å². The number of carbonyl (C=O) groups is 1. The zero-order valence-electron chi connectivity index (χ0n) is 13.8. The van der Waals surface area contributed by atoms with Gasteiger partial charge in [-0.2, -0.15) is 0 Å². The van der Waals surface area contributed by atoms with Gasteiger partial charge >= 0.3 is 0 Å². The number of nitrogens with zero attached hydrogens (tertiary/aromatic N) is 2. The summed E-state index contributed by atoms with van der Waals surface area (Å²) in [7, 11) is 4.31. The second kappa shape index (κ2) is 7.38. The van der Waals surface area contributed by atoms with Gasteiger partial charge in [-0.15, -0.1) is 0 Å². The summed E-state index contributed by atoms with van der Waals surface area (Å²) < 4.78 is 0. The number of hydrogen-bond acceptors (Lipinski definition) is 4. The number of nitrogens with one attached hydrogen (secondary N) is 1. The maximum absolute atomic E-state index is 11.7. The molecule has 0 saturated carbocycles. The third-order valence-corrected chi connectivity index (χ3v) is 4.20. The van der Waals surface area contributed by atoms with E-state index < -0.39 is 5.54 Å². The average molecular weight is 284 g/mol. The minimum Gasteiger partial charge on any atom is -0.368 e. The van der Waals surface area contributed by atoms with Crippen molar-refractivity contribution in [3.63, 3.8) is 0 Å². The number of rotatable bonds is 8. The highest BCUT2D eigenvalue weighted by Gasteiger charge is 2.31. The molecule has 5 heteroatoms. The molecule has 1 saturated heterocycles. The molecular weight excluding hydrogens is 252 g/mol. The van der Waals surface area contributed by atoms with E-state index in [0.717, 1.165) is 25.4 Å². The van der Waals surface area contributed by atoms with Crippen LogP contribution in [-0.2, 0) is 4.79 Å². The van der Waals surface area contributed by atoms with Crippen LogP contribution in [0.25, 0.3) is 0 Å². The van der Waals surface area contributed by atoms with E-state index in [2.05, 4.69) is 29.2 Å². The number of primary amides is 1. The van der Waals surface area contributed by atoms with Gasteiger partial charge < -0.3 is 20.9 Å². The summed E-state index contributed by atoms with van der Waals surface area (Å²) in [5.41, 5.74) is 4.94. The summed E-state index contributed by atoms with van der Waals surface area (Å²) in [6.45, 7) is 10.4. The van der Waals surface area contributed by atoms with Crippen LogP contribution < -0.4 is 11.1 Å². The molecule has 1 fully saturated rings. The van der Waals surface area contributed by atoms with Crippen LogP contribution in [-0.4, -0.2) is 67.6 Å². The molecule has 3 N–H and O–H groups in total. The highest BCUT2D eigenvalue weighted by Crippen LogP contribution is 2.16. The third kappa shape index (κ3) is 5.38.